The van der Waals surface area contributed by atoms with E-state index in [9.17, 15) is 24.1 Å². The molecule has 3 aliphatic rings. The number of nitrogen functional groups attached to an aromatic ring is 1. The number of nitrogens with zero attached hydrogens (tertiary/aromatic N) is 6. The third-order valence-corrected chi connectivity index (χ3v) is 12.2. The predicted octanol–water partition coefficient (Wildman–Crippen LogP) is 1.65. The minimum Gasteiger partial charge on any atom is -0.397 e. The molecule has 17 nitrogen and oxygen atoms in total. The van der Waals surface area contributed by atoms with Crippen LogP contribution in [0, 0.1) is 0 Å². The first kappa shape index (κ1) is 30.7. The quantitative estimate of drug-likeness (QED) is 0.148. The number of anilines is 1. The number of rotatable bonds is 2. The first-order chi connectivity index (χ1) is 20.9. The maximum absolute atomic E-state index is 13.6. The molecule has 44 heavy (non-hydrogen) atoms. The largest absolute Gasteiger partial charge is 0.397 e. The molecule has 0 spiro atoms. The van der Waals surface area contributed by atoms with E-state index in [0.29, 0.717) is 16.9 Å². The number of aliphatic hydroxyl groups is 2. The fourth-order valence-electron chi connectivity index (χ4n) is 5.40. The summed E-state index contributed by atoms with van der Waals surface area (Å²) in [5.41, 5.74) is 6.87. The molecule has 0 unspecified atom stereocenters. The Kier molecular flexibility index (Phi) is 7.95. The lowest BCUT2D eigenvalue weighted by Gasteiger charge is -2.27. The molecule has 22 heteroatoms. The van der Waals surface area contributed by atoms with E-state index in [0.717, 1.165) is 11.8 Å². The molecule has 0 aromatic carbocycles. The summed E-state index contributed by atoms with van der Waals surface area (Å²) in [5, 5.41) is 21.0. The van der Waals surface area contributed by atoms with Crippen LogP contribution in [0.1, 0.15) is 11.6 Å². The highest BCUT2D eigenvalue weighted by Crippen LogP contribution is 2.61. The SMILES string of the molecule is Nc1ccnc2c1ncn2[C@@H]1S[C@@H]2CO[P@](=O)(S)O[C@@H]3[C@H](O)[C@@H](CO[P@@](=O)(S)O[C@H]2[C@H]1O)O[C@H]3n1ccc(=O)n2ccnc12. The van der Waals surface area contributed by atoms with Crippen molar-refractivity contribution < 1.29 is 42.2 Å². The lowest BCUT2D eigenvalue weighted by molar-refractivity contribution is -0.0506. The Hall–Kier alpha value is -1.93. The molecule has 4 aromatic rings. The fraction of sp³-hybridized carbons (Fsp3) is 0.455. The summed E-state index contributed by atoms with van der Waals surface area (Å²) in [7, 11) is 0. The number of imidazole rings is 2. The lowest BCUT2D eigenvalue weighted by atomic mass is 10.1. The molecule has 4 aromatic heterocycles. The van der Waals surface area contributed by atoms with Crippen molar-refractivity contribution in [2.75, 3.05) is 18.9 Å². The number of thiol groups is 2. The zero-order valence-electron chi connectivity index (χ0n) is 22.2. The van der Waals surface area contributed by atoms with Crippen molar-refractivity contribution in [3.8, 4) is 0 Å². The average Bonchev–Trinajstić information content (AvgIpc) is 3.75. The van der Waals surface area contributed by atoms with Crippen LogP contribution in [0.4, 0.5) is 5.69 Å². The summed E-state index contributed by atoms with van der Waals surface area (Å²) in [6.45, 7) is -9.33. The van der Waals surface area contributed by atoms with Crippen LogP contribution in [-0.4, -0.2) is 87.7 Å². The Labute approximate surface area is 262 Å². The molecular formula is C22H25N7O10P2S3. The number of aromatic nitrogens is 6. The standard InChI is InChI=1S/C22H25N7O10P2S3/c23-10-1-3-24-19-14(10)26-9-29(19)21-16(32)17-12(44-21)8-36-41(34,43)39-18-15(31)11(7-35-40(33,42)38-17)37-20(18)28-5-2-13(30)27-6-4-25-22(27)28/h1-6,9,11-12,15-18,20-21,31-32H,7-8H2,(H2,23,24)(H,33,42)(H,34,43)/t11-,12-,15-,16-,17-,18-,20-,21-,40-,41+/m1/s1. The second-order valence-corrected chi connectivity index (χ2v) is 17.3. The van der Waals surface area contributed by atoms with Gasteiger partial charge in [0, 0.05) is 30.9 Å². The molecule has 10 atom stereocenters. The van der Waals surface area contributed by atoms with E-state index in [2.05, 4.69) is 39.4 Å². The molecular weight excluding hydrogens is 680 g/mol. The van der Waals surface area contributed by atoms with Crippen LogP contribution in [0.25, 0.3) is 16.9 Å². The maximum Gasteiger partial charge on any atom is 0.386 e. The van der Waals surface area contributed by atoms with Crippen LogP contribution < -0.4 is 11.3 Å². The number of hydrogen-bond donors (Lipinski definition) is 5. The Morgan fingerprint density at radius 1 is 0.955 bits per heavy atom. The predicted molar refractivity (Wildman–Crippen MR) is 163 cm³/mol. The van der Waals surface area contributed by atoms with Gasteiger partial charge in [0.15, 0.2) is 11.9 Å². The van der Waals surface area contributed by atoms with Crippen molar-refractivity contribution in [3.05, 3.63) is 53.6 Å². The van der Waals surface area contributed by atoms with Gasteiger partial charge in [-0.1, -0.05) is 24.5 Å². The summed E-state index contributed by atoms with van der Waals surface area (Å²) in [6.07, 6.45) is -0.580. The van der Waals surface area contributed by atoms with Crippen LogP contribution >= 0.6 is 49.9 Å². The highest BCUT2D eigenvalue weighted by Gasteiger charge is 2.53. The first-order valence-corrected chi connectivity index (χ1v) is 19.4. The van der Waals surface area contributed by atoms with Gasteiger partial charge in [-0.05, 0) is 6.07 Å². The minimum absolute atomic E-state index is 0.151. The monoisotopic (exact) mass is 705 g/mol. The molecule has 4 N–H and O–H groups in total. The van der Waals surface area contributed by atoms with Crippen molar-refractivity contribution in [1.82, 2.24) is 28.5 Å². The number of thioether (sulfide) groups is 1. The number of fused-ring (bicyclic) bond motifs is 5. The van der Waals surface area contributed by atoms with Crippen LogP contribution in [0.15, 0.2) is 48.0 Å². The van der Waals surface area contributed by atoms with Crippen LogP contribution in [-0.2, 0) is 32.0 Å². The molecule has 3 saturated heterocycles. The van der Waals surface area contributed by atoms with Gasteiger partial charge in [0.05, 0.1) is 30.5 Å². The van der Waals surface area contributed by atoms with Gasteiger partial charge in [0.1, 0.15) is 41.4 Å². The van der Waals surface area contributed by atoms with E-state index >= 15 is 0 Å². The zero-order chi connectivity index (χ0) is 31.0. The molecule has 2 bridgehead atoms. The second kappa shape index (κ2) is 11.4. The molecule has 236 valence electrons. The normalized spacial score (nSPS) is 38.3. The van der Waals surface area contributed by atoms with Crippen molar-refractivity contribution in [2.24, 2.45) is 0 Å². The second-order valence-electron chi connectivity index (χ2n) is 10.2. The summed E-state index contributed by atoms with van der Waals surface area (Å²) >= 11 is 9.42. The van der Waals surface area contributed by atoms with Crippen LogP contribution in [0.2, 0.25) is 0 Å². The Morgan fingerprint density at radius 3 is 2.50 bits per heavy atom. The first-order valence-electron chi connectivity index (χ1n) is 13.0. The van der Waals surface area contributed by atoms with Gasteiger partial charge in [-0.25, -0.2) is 24.1 Å². The van der Waals surface area contributed by atoms with E-state index in [1.54, 1.807) is 10.6 Å². The van der Waals surface area contributed by atoms with Gasteiger partial charge in [0.25, 0.3) is 5.56 Å². The number of nitrogens with two attached hydrogens (primary N) is 1. The van der Waals surface area contributed by atoms with E-state index in [1.165, 1.54) is 46.1 Å². The van der Waals surface area contributed by atoms with Gasteiger partial charge < -0.3 is 20.7 Å². The van der Waals surface area contributed by atoms with E-state index in [-0.39, 0.29) is 17.9 Å². The summed E-state index contributed by atoms with van der Waals surface area (Å²) in [6, 6.07) is 2.85. The van der Waals surface area contributed by atoms with Gasteiger partial charge in [-0.2, -0.15) is 0 Å². The van der Waals surface area contributed by atoms with Gasteiger partial charge in [-0.3, -0.25) is 36.4 Å². The van der Waals surface area contributed by atoms with E-state index < -0.39 is 67.6 Å². The topological polar surface area (TPSA) is 217 Å². The summed E-state index contributed by atoms with van der Waals surface area (Å²) in [5.74, 6) is 0.151. The molecule has 0 radical (unpaired) electrons. The lowest BCUT2D eigenvalue weighted by Crippen LogP contribution is -2.35. The van der Waals surface area contributed by atoms with Crippen molar-refractivity contribution >= 4 is 72.5 Å². The molecule has 3 aliphatic heterocycles. The summed E-state index contributed by atoms with van der Waals surface area (Å²) in [4.78, 5) is 25.1. The molecule has 7 heterocycles. The van der Waals surface area contributed by atoms with Crippen LogP contribution in [0.3, 0.4) is 0 Å². The molecule has 0 aliphatic carbocycles. The summed E-state index contributed by atoms with van der Waals surface area (Å²) < 4.78 is 60.0. The number of ether oxygens (including phenoxy) is 1. The van der Waals surface area contributed by atoms with E-state index in [4.69, 9.17) is 28.6 Å². The molecule has 3 fully saturated rings. The minimum atomic E-state index is -4.25. The number of pyridine rings is 1. The highest BCUT2D eigenvalue weighted by atomic mass is 32.7. The molecule has 0 saturated carbocycles. The zero-order valence-corrected chi connectivity index (χ0v) is 26.6. The van der Waals surface area contributed by atoms with Crippen molar-refractivity contribution in [1.29, 1.82) is 0 Å². The average molecular weight is 706 g/mol. The van der Waals surface area contributed by atoms with Crippen LogP contribution in [0.5, 0.6) is 0 Å². The fourth-order valence-corrected chi connectivity index (χ4v) is 10.0. The Bertz CT molecular complexity index is 1890. The van der Waals surface area contributed by atoms with Gasteiger partial charge >= 0.3 is 13.6 Å². The smallest absolute Gasteiger partial charge is 0.386 e. The highest BCUT2D eigenvalue weighted by molar-refractivity contribution is 8.44. The number of hydrogen-bond acceptors (Lipinski definition) is 15. The number of aliphatic hydroxyl groups excluding tert-OH is 2. The van der Waals surface area contributed by atoms with E-state index in [1.807, 2.05) is 0 Å². The van der Waals surface area contributed by atoms with Crippen molar-refractivity contribution in [2.45, 2.75) is 47.4 Å². The third kappa shape index (κ3) is 5.44. The Morgan fingerprint density at radius 2 is 1.70 bits per heavy atom. The molecule has 7 rings (SSSR count). The van der Waals surface area contributed by atoms with Gasteiger partial charge in [-0.15, -0.1) is 11.8 Å². The third-order valence-electron chi connectivity index (χ3n) is 7.44. The van der Waals surface area contributed by atoms with Crippen molar-refractivity contribution in [3.63, 3.8) is 0 Å². The maximum atomic E-state index is 13.6. The van der Waals surface area contributed by atoms with Gasteiger partial charge in [0.2, 0.25) is 5.78 Å². The Balaban J connectivity index is 1.21. The molecule has 0 amide bonds.